The molecular formula is C30H36BrN3O4S. The molecule has 2 atom stereocenters. The van der Waals surface area contributed by atoms with E-state index in [4.69, 9.17) is 0 Å². The van der Waals surface area contributed by atoms with Gasteiger partial charge in [-0.3, -0.25) is 13.9 Å². The Bertz CT molecular complexity index is 1380. The van der Waals surface area contributed by atoms with Crippen molar-refractivity contribution in [3.63, 3.8) is 0 Å². The molecule has 39 heavy (non-hydrogen) atoms. The maximum Gasteiger partial charge on any atom is 0.264 e. The van der Waals surface area contributed by atoms with Crippen molar-refractivity contribution < 1.29 is 18.0 Å². The number of nitrogens with zero attached hydrogens (tertiary/aromatic N) is 2. The van der Waals surface area contributed by atoms with Crippen LogP contribution < -0.4 is 9.62 Å². The van der Waals surface area contributed by atoms with Crippen LogP contribution in [-0.2, 0) is 26.2 Å². The second kappa shape index (κ2) is 13.8. The van der Waals surface area contributed by atoms with E-state index >= 15 is 0 Å². The Labute approximate surface area is 240 Å². The molecule has 0 aliphatic carbocycles. The number of halogens is 1. The minimum Gasteiger partial charge on any atom is -0.352 e. The van der Waals surface area contributed by atoms with Crippen molar-refractivity contribution >= 4 is 43.5 Å². The summed E-state index contributed by atoms with van der Waals surface area (Å²) in [5.74, 6) is -0.724. The zero-order valence-corrected chi connectivity index (χ0v) is 25.2. The summed E-state index contributed by atoms with van der Waals surface area (Å²) in [7, 11) is -4.09. The first kappa shape index (κ1) is 30.4. The summed E-state index contributed by atoms with van der Waals surface area (Å²) < 4.78 is 29.5. The molecule has 0 saturated heterocycles. The van der Waals surface area contributed by atoms with Crippen molar-refractivity contribution in [3.05, 3.63) is 94.5 Å². The Hall–Kier alpha value is -3.17. The minimum atomic E-state index is -4.09. The number of aryl methyl sites for hydroxylation is 1. The normalized spacial score (nSPS) is 12.8. The van der Waals surface area contributed by atoms with Gasteiger partial charge >= 0.3 is 0 Å². The van der Waals surface area contributed by atoms with E-state index in [1.165, 1.54) is 17.0 Å². The number of nitrogens with one attached hydrogen (secondary N) is 1. The van der Waals surface area contributed by atoms with Gasteiger partial charge in [0.25, 0.3) is 10.0 Å². The van der Waals surface area contributed by atoms with Crippen LogP contribution in [0.5, 0.6) is 0 Å². The van der Waals surface area contributed by atoms with Crippen LogP contribution in [0.4, 0.5) is 5.69 Å². The quantitative estimate of drug-likeness (QED) is 0.285. The van der Waals surface area contributed by atoms with E-state index in [1.54, 1.807) is 42.5 Å². The number of carbonyl (C=O) groups is 2. The third-order valence-corrected chi connectivity index (χ3v) is 8.98. The number of sulfonamides is 1. The van der Waals surface area contributed by atoms with E-state index < -0.39 is 28.5 Å². The number of amides is 2. The van der Waals surface area contributed by atoms with Crippen LogP contribution in [0.15, 0.2) is 88.2 Å². The third-order valence-electron chi connectivity index (χ3n) is 6.70. The van der Waals surface area contributed by atoms with Crippen molar-refractivity contribution in [2.24, 2.45) is 0 Å². The second-order valence-corrected chi connectivity index (χ2v) is 12.3. The van der Waals surface area contributed by atoms with Crippen LogP contribution in [0, 0.1) is 6.92 Å². The van der Waals surface area contributed by atoms with Crippen molar-refractivity contribution in [2.75, 3.05) is 10.8 Å². The van der Waals surface area contributed by atoms with Crippen molar-refractivity contribution in [2.45, 2.75) is 64.1 Å². The topological polar surface area (TPSA) is 86.8 Å². The number of benzene rings is 3. The smallest absolute Gasteiger partial charge is 0.264 e. The van der Waals surface area contributed by atoms with Gasteiger partial charge < -0.3 is 10.2 Å². The lowest BCUT2D eigenvalue weighted by Gasteiger charge is -2.34. The molecule has 0 spiro atoms. The van der Waals surface area contributed by atoms with Gasteiger partial charge in [-0.1, -0.05) is 78.3 Å². The molecule has 9 heteroatoms. The lowest BCUT2D eigenvalue weighted by molar-refractivity contribution is -0.140. The molecule has 3 aromatic rings. The van der Waals surface area contributed by atoms with Crippen LogP contribution in [0.1, 0.15) is 44.7 Å². The Morgan fingerprint density at radius 3 is 2.21 bits per heavy atom. The molecule has 0 aliphatic heterocycles. The molecule has 0 unspecified atom stereocenters. The molecule has 1 N–H and O–H groups in total. The van der Waals surface area contributed by atoms with Crippen molar-refractivity contribution in [1.82, 2.24) is 10.2 Å². The molecule has 208 valence electrons. The second-order valence-electron chi connectivity index (χ2n) is 9.49. The van der Waals surface area contributed by atoms with Crippen LogP contribution in [-0.4, -0.2) is 43.8 Å². The molecule has 0 radical (unpaired) electrons. The number of carbonyl (C=O) groups excluding carboxylic acids is 2. The summed E-state index contributed by atoms with van der Waals surface area (Å²) >= 11 is 3.41. The average Bonchev–Trinajstić information content (AvgIpc) is 2.92. The number of hydrogen-bond acceptors (Lipinski definition) is 4. The Balaban J connectivity index is 2.06. The van der Waals surface area contributed by atoms with Crippen LogP contribution in [0.2, 0.25) is 0 Å². The summed E-state index contributed by atoms with van der Waals surface area (Å²) in [5.41, 5.74) is 2.21. The Kier molecular flexibility index (Phi) is 10.7. The fourth-order valence-electron chi connectivity index (χ4n) is 4.21. The third kappa shape index (κ3) is 7.70. The van der Waals surface area contributed by atoms with E-state index in [-0.39, 0.29) is 23.4 Å². The summed E-state index contributed by atoms with van der Waals surface area (Å²) in [6.07, 6.45) is 1.13. The van der Waals surface area contributed by atoms with Gasteiger partial charge in [-0.05, 0) is 68.1 Å². The largest absolute Gasteiger partial charge is 0.352 e. The molecule has 0 heterocycles. The predicted molar refractivity (Wildman–Crippen MR) is 159 cm³/mol. The molecule has 2 amide bonds. The Morgan fingerprint density at radius 2 is 1.59 bits per heavy atom. The molecule has 3 aromatic carbocycles. The van der Waals surface area contributed by atoms with Gasteiger partial charge in [-0.15, -0.1) is 0 Å². The lowest BCUT2D eigenvalue weighted by atomic mass is 10.1. The summed E-state index contributed by atoms with van der Waals surface area (Å²) in [6, 6.07) is 21.7. The first-order valence-electron chi connectivity index (χ1n) is 13.1. The van der Waals surface area contributed by atoms with Crippen LogP contribution in [0.25, 0.3) is 0 Å². The van der Waals surface area contributed by atoms with Crippen LogP contribution in [0.3, 0.4) is 0 Å². The van der Waals surface area contributed by atoms with Crippen molar-refractivity contribution in [3.8, 4) is 0 Å². The van der Waals surface area contributed by atoms with Gasteiger partial charge in [-0.2, -0.15) is 0 Å². The molecule has 0 saturated carbocycles. The molecular weight excluding hydrogens is 578 g/mol. The van der Waals surface area contributed by atoms with Gasteiger partial charge in [0.1, 0.15) is 12.6 Å². The molecule has 0 fully saturated rings. The molecule has 3 rings (SSSR count). The van der Waals surface area contributed by atoms with Crippen LogP contribution >= 0.6 is 15.9 Å². The predicted octanol–water partition coefficient (Wildman–Crippen LogP) is 5.67. The number of rotatable bonds is 12. The highest BCUT2D eigenvalue weighted by Gasteiger charge is 2.34. The summed E-state index contributed by atoms with van der Waals surface area (Å²) in [4.78, 5) is 29.0. The lowest BCUT2D eigenvalue weighted by Crippen LogP contribution is -2.53. The molecule has 7 nitrogen and oxygen atoms in total. The SMILES string of the molecule is CC[C@@H](C)NC(=O)[C@@H](CC)N(Cc1ccccc1C)C(=O)CN(c1cccc(Br)c1)S(=O)(=O)c1ccccc1. The average molecular weight is 615 g/mol. The van der Waals surface area contributed by atoms with Crippen molar-refractivity contribution in [1.29, 1.82) is 0 Å². The first-order chi connectivity index (χ1) is 18.6. The van der Waals surface area contributed by atoms with Gasteiger partial charge in [-0.25, -0.2) is 8.42 Å². The fourth-order valence-corrected chi connectivity index (χ4v) is 6.03. The number of hydrogen-bond donors (Lipinski definition) is 1. The highest BCUT2D eigenvalue weighted by atomic mass is 79.9. The number of anilines is 1. The van der Waals surface area contributed by atoms with Gasteiger partial charge in [0, 0.05) is 17.1 Å². The maximum absolute atomic E-state index is 14.1. The van der Waals surface area contributed by atoms with E-state index in [0.29, 0.717) is 16.6 Å². The summed E-state index contributed by atoms with van der Waals surface area (Å²) in [5, 5.41) is 2.99. The minimum absolute atomic E-state index is 0.0569. The van der Waals surface area contributed by atoms with Gasteiger partial charge in [0.05, 0.1) is 10.6 Å². The first-order valence-corrected chi connectivity index (χ1v) is 15.3. The zero-order chi connectivity index (χ0) is 28.6. The molecule has 0 bridgehead atoms. The summed E-state index contributed by atoms with van der Waals surface area (Å²) in [6.45, 7) is 7.41. The zero-order valence-electron chi connectivity index (χ0n) is 22.8. The highest BCUT2D eigenvalue weighted by Crippen LogP contribution is 2.27. The molecule has 0 aromatic heterocycles. The van der Waals surface area contributed by atoms with Gasteiger partial charge in [0.2, 0.25) is 11.8 Å². The highest BCUT2D eigenvalue weighted by molar-refractivity contribution is 9.10. The Morgan fingerprint density at radius 1 is 0.923 bits per heavy atom. The van der Waals surface area contributed by atoms with E-state index in [1.807, 2.05) is 52.0 Å². The fraction of sp³-hybridized carbons (Fsp3) is 0.333. The van der Waals surface area contributed by atoms with E-state index in [0.717, 1.165) is 21.9 Å². The standard InChI is InChI=1S/C30H36BrN3O4S/c1-5-23(4)32-30(36)28(6-2)33(20-24-14-11-10-13-22(24)3)29(35)21-34(26-16-12-15-25(31)19-26)39(37,38)27-17-8-7-9-18-27/h7-19,23,28H,5-6,20-21H2,1-4H3,(H,32,36)/t23-,28-/m1/s1. The monoisotopic (exact) mass is 613 g/mol. The van der Waals surface area contributed by atoms with E-state index in [2.05, 4.69) is 21.2 Å². The molecule has 0 aliphatic rings. The van der Waals surface area contributed by atoms with E-state index in [9.17, 15) is 18.0 Å². The maximum atomic E-state index is 14.1. The van der Waals surface area contributed by atoms with Gasteiger partial charge in [0.15, 0.2) is 0 Å².